The third-order valence-corrected chi connectivity index (χ3v) is 6.45. The number of carbonyl (C=O) groups is 3. The molecule has 0 bridgehead atoms. The van der Waals surface area contributed by atoms with Crippen molar-refractivity contribution in [2.45, 2.75) is 4.90 Å². The number of imide groups is 1. The van der Waals surface area contributed by atoms with Crippen LogP contribution in [0.25, 0.3) is 0 Å². The predicted octanol–water partition coefficient (Wildman–Crippen LogP) is 1.04. The van der Waals surface area contributed by atoms with Crippen molar-refractivity contribution < 1.29 is 27.7 Å². The van der Waals surface area contributed by atoms with Crippen LogP contribution in [0.15, 0.2) is 47.4 Å². The van der Waals surface area contributed by atoms with Crippen molar-refractivity contribution in [2.24, 2.45) is 0 Å². The van der Waals surface area contributed by atoms with Crippen molar-refractivity contribution in [3.05, 3.63) is 69.3 Å². The summed E-state index contributed by atoms with van der Waals surface area (Å²) in [5, 5.41) is 11.1. The average Bonchev–Trinajstić information content (AvgIpc) is 3.03. The molecule has 0 unspecified atom stereocenters. The smallest absolute Gasteiger partial charge is 0.272 e. The van der Waals surface area contributed by atoms with Gasteiger partial charge in [-0.3, -0.25) is 29.4 Å². The summed E-state index contributed by atoms with van der Waals surface area (Å²) in [6, 6.07) is 9.37. The summed E-state index contributed by atoms with van der Waals surface area (Å²) in [5.74, 6) is -2.42. The number of rotatable bonds is 4. The lowest BCUT2D eigenvalue weighted by molar-refractivity contribution is -0.385. The second-order valence-electron chi connectivity index (χ2n) is 6.10. The predicted molar refractivity (Wildman–Crippen MR) is 93.1 cm³/mol. The fourth-order valence-corrected chi connectivity index (χ4v) is 4.87. The summed E-state index contributed by atoms with van der Waals surface area (Å²) in [4.78, 5) is 48.4. The van der Waals surface area contributed by atoms with Crippen LogP contribution in [0, 0.1) is 10.1 Å². The van der Waals surface area contributed by atoms with Gasteiger partial charge in [0.1, 0.15) is 10.5 Å². The molecule has 0 atom stereocenters. The number of hydrogen-bond acceptors (Lipinski definition) is 7. The first-order chi connectivity index (χ1) is 13.2. The third kappa shape index (κ3) is 2.33. The van der Waals surface area contributed by atoms with Crippen molar-refractivity contribution in [2.75, 3.05) is 13.1 Å². The molecule has 0 aromatic heterocycles. The molecule has 0 fully saturated rings. The van der Waals surface area contributed by atoms with Crippen LogP contribution in [0.4, 0.5) is 5.69 Å². The number of amides is 3. The minimum absolute atomic E-state index is 0.0144. The molecule has 3 amide bonds. The first-order valence-electron chi connectivity index (χ1n) is 8.05. The molecule has 4 rings (SSSR count). The van der Waals surface area contributed by atoms with Crippen LogP contribution < -0.4 is 0 Å². The summed E-state index contributed by atoms with van der Waals surface area (Å²) in [5.41, 5.74) is -0.953. The molecule has 0 saturated carbocycles. The van der Waals surface area contributed by atoms with Crippen LogP contribution in [0.3, 0.4) is 0 Å². The SMILES string of the molecule is O=C1c2cccc([N+](=O)[O-])c2C(=O)N1CCN1C(=O)c2ccccc2S1(=O)=O. The van der Waals surface area contributed by atoms with E-state index in [-0.39, 0.29) is 21.6 Å². The second-order valence-corrected chi connectivity index (χ2v) is 7.93. The molecule has 10 nitrogen and oxygen atoms in total. The quantitative estimate of drug-likeness (QED) is 0.424. The van der Waals surface area contributed by atoms with Gasteiger partial charge < -0.3 is 0 Å². The number of nitrogens with zero attached hydrogens (tertiary/aromatic N) is 3. The van der Waals surface area contributed by atoms with Crippen molar-refractivity contribution in [1.82, 2.24) is 9.21 Å². The van der Waals surface area contributed by atoms with E-state index in [9.17, 15) is 32.9 Å². The summed E-state index contributed by atoms with van der Waals surface area (Å²) < 4.78 is 25.7. The van der Waals surface area contributed by atoms with Gasteiger partial charge in [0.15, 0.2) is 0 Å². The van der Waals surface area contributed by atoms with Crippen LogP contribution in [0.1, 0.15) is 31.1 Å². The second kappa shape index (κ2) is 5.96. The molecule has 2 aliphatic rings. The zero-order valence-corrected chi connectivity index (χ0v) is 14.9. The van der Waals surface area contributed by atoms with E-state index in [1.807, 2.05) is 0 Å². The Morgan fingerprint density at radius 2 is 1.54 bits per heavy atom. The molecule has 2 aliphatic heterocycles. The first-order valence-corrected chi connectivity index (χ1v) is 9.49. The molecule has 0 saturated heterocycles. The molecule has 28 heavy (non-hydrogen) atoms. The number of nitro groups is 1. The lowest BCUT2D eigenvalue weighted by Gasteiger charge is -2.19. The van der Waals surface area contributed by atoms with Crippen LogP contribution in [-0.4, -0.2) is 53.4 Å². The number of hydrogen-bond donors (Lipinski definition) is 0. The molecule has 0 spiro atoms. The van der Waals surface area contributed by atoms with Gasteiger partial charge in [-0.05, 0) is 18.2 Å². The van der Waals surface area contributed by atoms with Gasteiger partial charge in [0.2, 0.25) is 0 Å². The van der Waals surface area contributed by atoms with E-state index in [1.165, 1.54) is 36.4 Å². The standard InChI is InChI=1S/C17H11N3O7S/c21-15-11-5-3-6-12(20(24)25)14(11)17(23)18(15)8-9-19-16(22)10-4-1-2-7-13(10)28(19,26)27/h1-7H,8-9H2. The number of carbonyl (C=O) groups excluding carboxylic acids is 3. The van der Waals surface area contributed by atoms with Crippen molar-refractivity contribution in [1.29, 1.82) is 0 Å². The van der Waals surface area contributed by atoms with E-state index in [0.717, 1.165) is 6.07 Å². The Balaban J connectivity index is 1.61. The highest BCUT2D eigenvalue weighted by Gasteiger charge is 2.44. The maximum absolute atomic E-state index is 12.6. The largest absolute Gasteiger partial charge is 0.282 e. The first kappa shape index (κ1) is 17.8. The van der Waals surface area contributed by atoms with Gasteiger partial charge in [-0.1, -0.05) is 18.2 Å². The van der Waals surface area contributed by atoms with Gasteiger partial charge in [0.05, 0.1) is 22.6 Å². The highest BCUT2D eigenvalue weighted by atomic mass is 32.2. The third-order valence-electron chi connectivity index (χ3n) is 4.61. The summed E-state index contributed by atoms with van der Waals surface area (Å²) in [6.07, 6.45) is 0. The molecule has 142 valence electrons. The van der Waals surface area contributed by atoms with E-state index in [1.54, 1.807) is 0 Å². The molecule has 0 N–H and O–H groups in total. The van der Waals surface area contributed by atoms with Gasteiger partial charge in [-0.2, -0.15) is 0 Å². The van der Waals surface area contributed by atoms with Crippen molar-refractivity contribution >= 4 is 33.4 Å². The zero-order valence-electron chi connectivity index (χ0n) is 14.1. The van der Waals surface area contributed by atoms with Crippen molar-refractivity contribution in [3.8, 4) is 0 Å². The Hall–Kier alpha value is -3.60. The van der Waals surface area contributed by atoms with Gasteiger partial charge in [0, 0.05) is 12.6 Å². The maximum atomic E-state index is 12.6. The molecule has 2 aromatic carbocycles. The average molecular weight is 401 g/mol. The molecule has 0 radical (unpaired) electrons. The molecule has 2 heterocycles. The van der Waals surface area contributed by atoms with Gasteiger partial charge >= 0.3 is 0 Å². The highest BCUT2D eigenvalue weighted by Crippen LogP contribution is 2.32. The Morgan fingerprint density at radius 3 is 2.21 bits per heavy atom. The summed E-state index contributed by atoms with van der Waals surface area (Å²) in [7, 11) is -4.08. The maximum Gasteiger partial charge on any atom is 0.282 e. The molecule has 2 aromatic rings. The zero-order chi connectivity index (χ0) is 20.2. The van der Waals surface area contributed by atoms with Crippen LogP contribution in [0.2, 0.25) is 0 Å². The van der Waals surface area contributed by atoms with Crippen molar-refractivity contribution in [3.63, 3.8) is 0 Å². The lowest BCUT2D eigenvalue weighted by Crippen LogP contribution is -2.40. The fourth-order valence-electron chi connectivity index (χ4n) is 3.31. The Bertz CT molecular complexity index is 1190. The van der Waals surface area contributed by atoms with Gasteiger partial charge in [-0.15, -0.1) is 0 Å². The number of nitro benzene ring substituents is 1. The summed E-state index contributed by atoms with van der Waals surface area (Å²) in [6.45, 7) is -0.864. The van der Waals surface area contributed by atoms with Crippen LogP contribution >= 0.6 is 0 Å². The van der Waals surface area contributed by atoms with E-state index < -0.39 is 51.4 Å². The van der Waals surface area contributed by atoms with Gasteiger partial charge in [-0.25, -0.2) is 12.7 Å². The normalized spacial score (nSPS) is 17.1. The van der Waals surface area contributed by atoms with E-state index in [2.05, 4.69) is 0 Å². The minimum atomic E-state index is -4.08. The Morgan fingerprint density at radius 1 is 0.857 bits per heavy atom. The lowest BCUT2D eigenvalue weighted by atomic mass is 10.1. The van der Waals surface area contributed by atoms with E-state index in [4.69, 9.17) is 0 Å². The molecular weight excluding hydrogens is 390 g/mol. The van der Waals surface area contributed by atoms with Crippen LogP contribution in [0.5, 0.6) is 0 Å². The molecule has 0 aliphatic carbocycles. The number of benzene rings is 2. The Kier molecular flexibility index (Phi) is 3.79. The fraction of sp³-hybridized carbons (Fsp3) is 0.118. The number of fused-ring (bicyclic) bond motifs is 2. The monoisotopic (exact) mass is 401 g/mol. The van der Waals surface area contributed by atoms with Gasteiger partial charge in [0.25, 0.3) is 33.4 Å². The van der Waals surface area contributed by atoms with E-state index in [0.29, 0.717) is 9.21 Å². The highest BCUT2D eigenvalue weighted by molar-refractivity contribution is 7.90. The topological polar surface area (TPSA) is 135 Å². The minimum Gasteiger partial charge on any atom is -0.272 e. The molecular formula is C17H11N3O7S. The Labute approximate surface area is 158 Å². The summed E-state index contributed by atoms with van der Waals surface area (Å²) >= 11 is 0. The van der Waals surface area contributed by atoms with E-state index >= 15 is 0 Å². The van der Waals surface area contributed by atoms with Crippen LogP contribution in [-0.2, 0) is 10.0 Å². The molecule has 11 heteroatoms. The number of sulfonamides is 1.